The van der Waals surface area contributed by atoms with E-state index in [0.29, 0.717) is 5.69 Å². The van der Waals surface area contributed by atoms with Crippen LogP contribution in [0.25, 0.3) is 0 Å². The summed E-state index contributed by atoms with van der Waals surface area (Å²) in [6, 6.07) is -0.944. The van der Waals surface area contributed by atoms with Gasteiger partial charge < -0.3 is 9.84 Å². The van der Waals surface area contributed by atoms with E-state index in [-0.39, 0.29) is 13.0 Å². The van der Waals surface area contributed by atoms with E-state index in [0.717, 1.165) is 11.3 Å². The highest BCUT2D eigenvalue weighted by molar-refractivity contribution is 5.81. The maximum atomic E-state index is 12.2. The van der Waals surface area contributed by atoms with Gasteiger partial charge in [-0.25, -0.2) is 9.59 Å². The average Bonchev–Trinajstić information content (AvgIpc) is 2.67. The molecule has 2 N–H and O–H groups in total. The molecule has 1 atom stereocenters. The van der Waals surface area contributed by atoms with Gasteiger partial charge in [-0.3, -0.25) is 10.00 Å². The molecule has 0 fully saturated rings. The Morgan fingerprint density at radius 3 is 2.65 bits per heavy atom. The fourth-order valence-corrected chi connectivity index (χ4v) is 2.19. The fraction of sp³-hybridized carbons (Fsp3) is 0.615. The predicted molar refractivity (Wildman–Crippen MR) is 70.2 cm³/mol. The number of aromatic amines is 1. The van der Waals surface area contributed by atoms with Gasteiger partial charge in [0.05, 0.1) is 12.2 Å². The molecule has 0 saturated carbocycles. The van der Waals surface area contributed by atoms with Crippen molar-refractivity contribution >= 4 is 12.1 Å². The molecule has 1 aromatic heterocycles. The Kier molecular flexibility index (Phi) is 3.45. The number of rotatable bonds is 1. The molecule has 1 unspecified atom stereocenters. The summed E-state index contributed by atoms with van der Waals surface area (Å²) in [5, 5.41) is 16.2. The number of carbonyl (C=O) groups excluding carboxylic acids is 1. The van der Waals surface area contributed by atoms with Crippen LogP contribution in [0.4, 0.5) is 4.79 Å². The summed E-state index contributed by atoms with van der Waals surface area (Å²) < 4.78 is 5.28. The van der Waals surface area contributed by atoms with Gasteiger partial charge >= 0.3 is 12.1 Å². The number of hydrogen-bond acceptors (Lipinski definition) is 4. The number of nitrogens with one attached hydrogen (secondary N) is 1. The van der Waals surface area contributed by atoms with Crippen LogP contribution in [0.2, 0.25) is 0 Å². The monoisotopic (exact) mass is 281 g/mol. The minimum Gasteiger partial charge on any atom is -0.480 e. The lowest BCUT2D eigenvalue weighted by atomic mass is 9.99. The van der Waals surface area contributed by atoms with E-state index in [1.807, 2.05) is 6.92 Å². The van der Waals surface area contributed by atoms with Gasteiger partial charge in [0.15, 0.2) is 0 Å². The molecule has 7 nitrogen and oxygen atoms in total. The number of H-pyrrole nitrogens is 1. The Morgan fingerprint density at radius 2 is 2.10 bits per heavy atom. The van der Waals surface area contributed by atoms with Crippen molar-refractivity contribution in [1.82, 2.24) is 15.1 Å². The number of hydrogen-bond donors (Lipinski definition) is 2. The average molecular weight is 281 g/mol. The van der Waals surface area contributed by atoms with Crippen LogP contribution in [-0.4, -0.2) is 43.9 Å². The predicted octanol–water partition coefficient (Wildman–Crippen LogP) is 1.46. The van der Waals surface area contributed by atoms with Crippen LogP contribution < -0.4 is 0 Å². The zero-order chi connectivity index (χ0) is 15.1. The van der Waals surface area contributed by atoms with Crippen LogP contribution in [0.15, 0.2) is 0 Å². The van der Waals surface area contributed by atoms with Crippen molar-refractivity contribution in [2.45, 2.75) is 52.3 Å². The molecule has 110 valence electrons. The second kappa shape index (κ2) is 4.81. The number of aliphatic carboxylic acids is 1. The number of fused-ring (bicyclic) bond motifs is 1. The molecule has 2 heterocycles. The quantitative estimate of drug-likeness (QED) is 0.812. The molecule has 0 aliphatic carbocycles. The molecule has 2 rings (SSSR count). The smallest absolute Gasteiger partial charge is 0.411 e. The second-order valence-electron chi connectivity index (χ2n) is 5.94. The molecule has 0 saturated heterocycles. The van der Waals surface area contributed by atoms with Gasteiger partial charge in [0.1, 0.15) is 11.6 Å². The van der Waals surface area contributed by atoms with Crippen molar-refractivity contribution in [3.63, 3.8) is 0 Å². The number of amides is 1. The molecule has 0 aromatic carbocycles. The Bertz CT molecular complexity index is 544. The van der Waals surface area contributed by atoms with Crippen LogP contribution in [0.5, 0.6) is 0 Å². The standard InChI is InChI=1S/C13H19N3O4/c1-7-8-6-16(12(19)20-13(2,3)4)10(11(17)18)5-9(8)15-14-7/h10H,5-6H2,1-4H3,(H,14,15)(H,17,18). The summed E-state index contributed by atoms with van der Waals surface area (Å²) >= 11 is 0. The van der Waals surface area contributed by atoms with E-state index in [4.69, 9.17) is 4.74 Å². The van der Waals surface area contributed by atoms with Crippen molar-refractivity contribution in [2.24, 2.45) is 0 Å². The highest BCUT2D eigenvalue weighted by atomic mass is 16.6. The fourth-order valence-electron chi connectivity index (χ4n) is 2.19. The topological polar surface area (TPSA) is 95.5 Å². The van der Waals surface area contributed by atoms with Crippen molar-refractivity contribution in [1.29, 1.82) is 0 Å². The minimum atomic E-state index is -1.05. The van der Waals surface area contributed by atoms with Crippen LogP contribution in [0, 0.1) is 6.92 Å². The summed E-state index contributed by atoms with van der Waals surface area (Å²) in [5.74, 6) is -1.05. The number of aromatic nitrogens is 2. The highest BCUT2D eigenvalue weighted by Gasteiger charge is 2.38. The third-order valence-corrected chi connectivity index (χ3v) is 3.16. The van der Waals surface area contributed by atoms with Gasteiger partial charge in [0.25, 0.3) is 0 Å². The lowest BCUT2D eigenvalue weighted by Gasteiger charge is -2.34. The highest BCUT2D eigenvalue weighted by Crippen LogP contribution is 2.26. The van der Waals surface area contributed by atoms with E-state index in [1.165, 1.54) is 4.90 Å². The Morgan fingerprint density at radius 1 is 1.45 bits per heavy atom. The molecule has 0 radical (unpaired) electrons. The van der Waals surface area contributed by atoms with Crippen LogP contribution >= 0.6 is 0 Å². The third kappa shape index (κ3) is 2.76. The van der Waals surface area contributed by atoms with E-state index in [9.17, 15) is 14.7 Å². The summed E-state index contributed by atoms with van der Waals surface area (Å²) in [6.45, 7) is 7.29. The van der Waals surface area contributed by atoms with Crippen LogP contribution in [0.1, 0.15) is 37.7 Å². The summed E-state index contributed by atoms with van der Waals surface area (Å²) in [7, 11) is 0. The SMILES string of the molecule is Cc1[nH]nc2c1CN(C(=O)OC(C)(C)C)C(C(=O)O)C2. The maximum Gasteiger partial charge on any atom is 0.411 e. The summed E-state index contributed by atoms with van der Waals surface area (Å²) in [6.07, 6.45) is -0.426. The van der Waals surface area contributed by atoms with Gasteiger partial charge in [0, 0.05) is 17.7 Å². The maximum absolute atomic E-state index is 12.2. The van der Waals surface area contributed by atoms with E-state index >= 15 is 0 Å². The van der Waals surface area contributed by atoms with Crippen molar-refractivity contribution in [3.05, 3.63) is 17.0 Å². The lowest BCUT2D eigenvalue weighted by Crippen LogP contribution is -2.50. The molecular formula is C13H19N3O4. The molecular weight excluding hydrogens is 262 g/mol. The van der Waals surface area contributed by atoms with E-state index < -0.39 is 23.7 Å². The normalized spacial score (nSPS) is 18.6. The first-order valence-corrected chi connectivity index (χ1v) is 6.44. The molecule has 0 spiro atoms. The Labute approximate surface area is 116 Å². The first-order valence-electron chi connectivity index (χ1n) is 6.44. The molecule has 20 heavy (non-hydrogen) atoms. The number of carboxylic acid groups (broad SMARTS) is 1. The number of aryl methyl sites for hydroxylation is 1. The van der Waals surface area contributed by atoms with Crippen molar-refractivity contribution in [3.8, 4) is 0 Å². The number of nitrogens with zero attached hydrogens (tertiary/aromatic N) is 2. The van der Waals surface area contributed by atoms with Crippen LogP contribution in [-0.2, 0) is 22.5 Å². The number of ether oxygens (including phenoxy) is 1. The summed E-state index contributed by atoms with van der Waals surface area (Å²) in [4.78, 5) is 24.8. The first-order chi connectivity index (χ1) is 9.19. The van der Waals surface area contributed by atoms with Gasteiger partial charge in [-0.1, -0.05) is 0 Å². The number of carboxylic acids is 1. The largest absolute Gasteiger partial charge is 0.480 e. The summed E-state index contributed by atoms with van der Waals surface area (Å²) in [5.41, 5.74) is 1.76. The Balaban J connectivity index is 2.28. The zero-order valence-electron chi connectivity index (χ0n) is 12.1. The van der Waals surface area contributed by atoms with Crippen LogP contribution in [0.3, 0.4) is 0 Å². The molecule has 7 heteroatoms. The van der Waals surface area contributed by atoms with Gasteiger partial charge in [0.2, 0.25) is 0 Å². The molecule has 1 amide bonds. The van der Waals surface area contributed by atoms with Gasteiger partial charge in [-0.05, 0) is 27.7 Å². The zero-order valence-corrected chi connectivity index (χ0v) is 12.1. The van der Waals surface area contributed by atoms with E-state index in [2.05, 4.69) is 10.2 Å². The number of carbonyl (C=O) groups is 2. The molecule has 1 aliphatic rings. The third-order valence-electron chi connectivity index (χ3n) is 3.16. The van der Waals surface area contributed by atoms with Gasteiger partial charge in [-0.2, -0.15) is 5.10 Å². The van der Waals surface area contributed by atoms with Crippen molar-refractivity contribution < 1.29 is 19.4 Å². The first kappa shape index (κ1) is 14.4. The van der Waals surface area contributed by atoms with E-state index in [1.54, 1.807) is 20.8 Å². The molecule has 1 aliphatic heterocycles. The van der Waals surface area contributed by atoms with Gasteiger partial charge in [-0.15, -0.1) is 0 Å². The Hall–Kier alpha value is -2.05. The van der Waals surface area contributed by atoms with Crippen molar-refractivity contribution in [2.75, 3.05) is 0 Å². The minimum absolute atomic E-state index is 0.189. The molecule has 0 bridgehead atoms. The lowest BCUT2D eigenvalue weighted by molar-refractivity contribution is -0.143. The second-order valence-corrected chi connectivity index (χ2v) is 5.94. The molecule has 1 aromatic rings.